The molecule has 2 aromatic carbocycles. The summed E-state index contributed by atoms with van der Waals surface area (Å²) in [6, 6.07) is 18.0. The zero-order valence-corrected chi connectivity index (χ0v) is 11.4. The summed E-state index contributed by atoms with van der Waals surface area (Å²) >= 11 is 0. The first-order chi connectivity index (χ1) is 9.79. The van der Waals surface area contributed by atoms with Gasteiger partial charge in [-0.15, -0.1) is 0 Å². The molecule has 0 bridgehead atoms. The molecule has 0 aliphatic rings. The summed E-state index contributed by atoms with van der Waals surface area (Å²) in [6.45, 7) is 2.11. The molecule has 0 amide bonds. The third-order valence-electron chi connectivity index (χ3n) is 2.83. The number of ether oxygens (including phenoxy) is 1. The Labute approximate surface area is 119 Å². The summed E-state index contributed by atoms with van der Waals surface area (Å²) in [5.41, 5.74) is 3.19. The van der Waals surface area contributed by atoms with Crippen molar-refractivity contribution in [2.45, 2.75) is 13.3 Å². The van der Waals surface area contributed by atoms with Gasteiger partial charge < -0.3 is 4.74 Å². The summed E-state index contributed by atoms with van der Waals surface area (Å²) in [4.78, 5) is 11.3. The highest BCUT2D eigenvalue weighted by molar-refractivity contribution is 5.89. The summed E-state index contributed by atoms with van der Waals surface area (Å²) < 4.78 is 4.81. The lowest BCUT2D eigenvalue weighted by atomic mass is 10.00. The number of carbonyl (C=O) groups excluding carboxylic acids is 1. The molecular formula is C18H16O2. The van der Waals surface area contributed by atoms with Gasteiger partial charge in [0.25, 0.3) is 0 Å². The van der Waals surface area contributed by atoms with Crippen LogP contribution in [0.3, 0.4) is 0 Å². The van der Waals surface area contributed by atoms with E-state index in [-0.39, 0.29) is 0 Å². The normalized spacial score (nSPS) is 9.45. The van der Waals surface area contributed by atoms with Gasteiger partial charge in [0.2, 0.25) is 0 Å². The van der Waals surface area contributed by atoms with Gasteiger partial charge in [-0.3, -0.25) is 0 Å². The maximum atomic E-state index is 11.3. The Hall–Kier alpha value is -2.53. The molecule has 2 nitrogen and oxygen atoms in total. The number of hydrogen-bond donors (Lipinski definition) is 0. The topological polar surface area (TPSA) is 26.3 Å². The predicted molar refractivity (Wildman–Crippen MR) is 79.2 cm³/mol. The monoisotopic (exact) mass is 264 g/mol. The number of hydrogen-bond acceptors (Lipinski definition) is 2. The molecule has 0 aliphatic heterocycles. The fourth-order valence-corrected chi connectivity index (χ4v) is 1.90. The molecule has 0 aromatic heterocycles. The molecule has 0 fully saturated rings. The number of esters is 1. The van der Waals surface area contributed by atoms with Gasteiger partial charge in [-0.05, 0) is 30.5 Å². The summed E-state index contributed by atoms with van der Waals surface area (Å²) in [6.07, 6.45) is 0.800. The van der Waals surface area contributed by atoms with E-state index in [9.17, 15) is 4.79 Å². The number of carbonyl (C=O) groups is 1. The fourth-order valence-electron chi connectivity index (χ4n) is 1.90. The molecule has 100 valence electrons. The van der Waals surface area contributed by atoms with E-state index in [1.807, 2.05) is 42.5 Å². The highest BCUT2D eigenvalue weighted by Gasteiger charge is 2.01. The van der Waals surface area contributed by atoms with Gasteiger partial charge in [0.15, 0.2) is 0 Å². The summed E-state index contributed by atoms with van der Waals surface area (Å²) in [7, 11) is 0. The Kier molecular flexibility index (Phi) is 4.97. The predicted octanol–water partition coefficient (Wildman–Crippen LogP) is 3.19. The molecule has 0 spiro atoms. The van der Waals surface area contributed by atoms with Crippen LogP contribution in [0.2, 0.25) is 0 Å². The molecule has 0 unspecified atom stereocenters. The molecule has 0 aliphatic carbocycles. The van der Waals surface area contributed by atoms with Crippen LogP contribution >= 0.6 is 0 Å². The van der Waals surface area contributed by atoms with E-state index in [4.69, 9.17) is 4.74 Å². The molecule has 0 N–H and O–H groups in total. The third-order valence-corrected chi connectivity index (χ3v) is 2.83. The van der Waals surface area contributed by atoms with Gasteiger partial charge in [0.05, 0.1) is 6.61 Å². The van der Waals surface area contributed by atoms with Crippen molar-refractivity contribution < 1.29 is 9.53 Å². The zero-order valence-electron chi connectivity index (χ0n) is 11.4. The van der Waals surface area contributed by atoms with E-state index >= 15 is 0 Å². The molecule has 0 atom stereocenters. The molecule has 20 heavy (non-hydrogen) atoms. The smallest absolute Gasteiger partial charge is 0.384 e. The standard InChI is InChI=1S/C18H16O2/c1-2-20-18(19)13-12-16-10-6-7-11-17(16)14-15-8-4-3-5-9-15/h3-11H,2,14H2,1H3. The third kappa shape index (κ3) is 4.00. The van der Waals surface area contributed by atoms with Crippen molar-refractivity contribution >= 4 is 5.97 Å². The van der Waals surface area contributed by atoms with Crippen LogP contribution in [-0.2, 0) is 16.0 Å². The molecule has 2 heteroatoms. The second kappa shape index (κ2) is 7.16. The lowest BCUT2D eigenvalue weighted by molar-refractivity contribution is -0.136. The zero-order chi connectivity index (χ0) is 14.2. The largest absolute Gasteiger partial charge is 0.456 e. The summed E-state index contributed by atoms with van der Waals surface area (Å²) in [5.74, 6) is 4.92. The first kappa shape index (κ1) is 13.9. The van der Waals surface area contributed by atoms with Crippen molar-refractivity contribution in [3.63, 3.8) is 0 Å². The molecule has 0 radical (unpaired) electrons. The van der Waals surface area contributed by atoms with Crippen LogP contribution in [0, 0.1) is 11.8 Å². The Morgan fingerprint density at radius 2 is 1.75 bits per heavy atom. The first-order valence-corrected chi connectivity index (χ1v) is 6.60. The van der Waals surface area contributed by atoms with Gasteiger partial charge in [0, 0.05) is 11.5 Å². The van der Waals surface area contributed by atoms with Crippen LogP contribution in [0.15, 0.2) is 54.6 Å². The van der Waals surface area contributed by atoms with E-state index in [0.717, 1.165) is 17.5 Å². The lowest BCUT2D eigenvalue weighted by Crippen LogP contribution is -2.00. The van der Waals surface area contributed by atoms with Crippen LogP contribution < -0.4 is 0 Å². The van der Waals surface area contributed by atoms with Crippen LogP contribution in [-0.4, -0.2) is 12.6 Å². The van der Waals surface area contributed by atoms with Gasteiger partial charge in [-0.1, -0.05) is 54.5 Å². The number of rotatable bonds is 3. The van der Waals surface area contributed by atoms with Gasteiger partial charge in [-0.25, -0.2) is 4.79 Å². The minimum atomic E-state index is -0.484. The van der Waals surface area contributed by atoms with E-state index in [0.29, 0.717) is 6.61 Å². The molecule has 0 saturated heterocycles. The van der Waals surface area contributed by atoms with Crippen molar-refractivity contribution in [1.82, 2.24) is 0 Å². The average Bonchev–Trinajstić information content (AvgIpc) is 2.48. The van der Waals surface area contributed by atoms with Crippen LogP contribution in [0.4, 0.5) is 0 Å². The minimum absolute atomic E-state index is 0.346. The van der Waals surface area contributed by atoms with E-state index in [1.54, 1.807) is 6.92 Å². The molecular weight excluding hydrogens is 248 g/mol. The second-order valence-corrected chi connectivity index (χ2v) is 4.29. The minimum Gasteiger partial charge on any atom is -0.456 e. The number of benzene rings is 2. The molecule has 2 aromatic rings. The quantitative estimate of drug-likeness (QED) is 0.628. The Morgan fingerprint density at radius 1 is 1.05 bits per heavy atom. The lowest BCUT2D eigenvalue weighted by Gasteiger charge is -2.04. The SMILES string of the molecule is CCOC(=O)C#Cc1ccccc1Cc1ccccc1. The van der Waals surface area contributed by atoms with Crippen molar-refractivity contribution in [3.8, 4) is 11.8 Å². The van der Waals surface area contributed by atoms with E-state index < -0.39 is 5.97 Å². The van der Waals surface area contributed by atoms with E-state index in [2.05, 4.69) is 24.0 Å². The molecule has 0 heterocycles. The first-order valence-electron chi connectivity index (χ1n) is 6.60. The van der Waals surface area contributed by atoms with E-state index in [1.165, 1.54) is 5.56 Å². The van der Waals surface area contributed by atoms with Gasteiger partial charge >= 0.3 is 5.97 Å². The van der Waals surface area contributed by atoms with Crippen LogP contribution in [0.1, 0.15) is 23.6 Å². The van der Waals surface area contributed by atoms with Crippen molar-refractivity contribution in [2.75, 3.05) is 6.61 Å². The van der Waals surface area contributed by atoms with Crippen LogP contribution in [0.25, 0.3) is 0 Å². The second-order valence-electron chi connectivity index (χ2n) is 4.29. The highest BCUT2D eigenvalue weighted by atomic mass is 16.5. The maximum Gasteiger partial charge on any atom is 0.384 e. The fraction of sp³-hybridized carbons (Fsp3) is 0.167. The highest BCUT2D eigenvalue weighted by Crippen LogP contribution is 2.13. The molecule has 2 rings (SSSR count). The Bertz CT molecular complexity index is 633. The maximum absolute atomic E-state index is 11.3. The van der Waals surface area contributed by atoms with Gasteiger partial charge in [0.1, 0.15) is 0 Å². The van der Waals surface area contributed by atoms with Crippen LogP contribution in [0.5, 0.6) is 0 Å². The molecule has 0 saturated carbocycles. The van der Waals surface area contributed by atoms with Crippen molar-refractivity contribution in [3.05, 3.63) is 71.3 Å². The average molecular weight is 264 g/mol. The van der Waals surface area contributed by atoms with Gasteiger partial charge in [-0.2, -0.15) is 0 Å². The Balaban J connectivity index is 2.20. The van der Waals surface area contributed by atoms with Crippen molar-refractivity contribution in [2.24, 2.45) is 0 Å². The van der Waals surface area contributed by atoms with Crippen molar-refractivity contribution in [1.29, 1.82) is 0 Å². The summed E-state index contributed by atoms with van der Waals surface area (Å²) in [5, 5.41) is 0. The Morgan fingerprint density at radius 3 is 2.50 bits per heavy atom.